The van der Waals surface area contributed by atoms with Gasteiger partial charge in [-0.05, 0) is 38.5 Å². The largest absolute Gasteiger partial charge is 0.339 e. The molecular formula is C15H26N3O2+. The van der Waals surface area contributed by atoms with Gasteiger partial charge in [-0.15, -0.1) is 0 Å². The molecule has 2 saturated carbocycles. The first kappa shape index (κ1) is 15.2. The molecule has 0 aromatic heterocycles. The van der Waals surface area contributed by atoms with Gasteiger partial charge in [0.25, 0.3) is 0 Å². The van der Waals surface area contributed by atoms with E-state index in [1.54, 1.807) is 6.20 Å². The Balaban J connectivity index is 1.88. The van der Waals surface area contributed by atoms with Crippen LogP contribution in [0.5, 0.6) is 0 Å². The second-order valence-electron chi connectivity index (χ2n) is 6.01. The van der Waals surface area contributed by atoms with Gasteiger partial charge in [0.2, 0.25) is 0 Å². The van der Waals surface area contributed by atoms with Crippen LogP contribution in [-0.4, -0.2) is 23.2 Å². The van der Waals surface area contributed by atoms with Crippen LogP contribution < -0.4 is 5.32 Å². The van der Waals surface area contributed by atoms with Crippen LogP contribution in [0.15, 0.2) is 16.9 Å². The number of aliphatic imine (C=N–C) groups is 1. The molecule has 5 heteroatoms. The Morgan fingerprint density at radius 1 is 1.05 bits per heavy atom. The van der Waals surface area contributed by atoms with Gasteiger partial charge < -0.3 is 5.32 Å². The second-order valence-corrected chi connectivity index (χ2v) is 6.01. The van der Waals surface area contributed by atoms with Gasteiger partial charge in [0.15, 0.2) is 6.20 Å². The minimum Gasteiger partial charge on any atom is -0.312 e. The highest BCUT2D eigenvalue weighted by Gasteiger charge is 2.18. The van der Waals surface area contributed by atoms with Gasteiger partial charge in [0.1, 0.15) is 6.21 Å². The van der Waals surface area contributed by atoms with E-state index in [0.29, 0.717) is 12.1 Å². The molecule has 0 saturated heterocycles. The van der Waals surface area contributed by atoms with Gasteiger partial charge in [-0.3, -0.25) is 15.1 Å². The summed E-state index contributed by atoms with van der Waals surface area (Å²) in [6.07, 6.45) is 15.1. The minimum atomic E-state index is -0.314. The summed E-state index contributed by atoms with van der Waals surface area (Å²) in [6, 6.07) is 0.809. The number of nitro groups is 1. The molecule has 2 rings (SSSR count). The van der Waals surface area contributed by atoms with Crippen molar-refractivity contribution in [3.05, 3.63) is 22.0 Å². The number of quaternary nitrogens is 1. The van der Waals surface area contributed by atoms with Crippen molar-refractivity contribution >= 4 is 6.21 Å². The van der Waals surface area contributed by atoms with E-state index < -0.39 is 0 Å². The average Bonchev–Trinajstić information content (AvgIpc) is 2.49. The maximum atomic E-state index is 11.1. The van der Waals surface area contributed by atoms with Crippen molar-refractivity contribution < 1.29 is 10.2 Å². The Kier molecular flexibility index (Phi) is 6.18. The van der Waals surface area contributed by atoms with E-state index in [4.69, 9.17) is 0 Å². The third-order valence-corrected chi connectivity index (χ3v) is 4.39. The Hall–Kier alpha value is -1.23. The molecule has 0 aliphatic heterocycles. The van der Waals surface area contributed by atoms with Gasteiger partial charge in [0, 0.05) is 0 Å². The summed E-state index contributed by atoms with van der Waals surface area (Å²) in [6.45, 7) is 0. The van der Waals surface area contributed by atoms with Gasteiger partial charge >= 0.3 is 5.70 Å². The van der Waals surface area contributed by atoms with E-state index in [1.165, 1.54) is 57.6 Å². The predicted octanol–water partition coefficient (Wildman–Crippen LogP) is 2.40. The van der Waals surface area contributed by atoms with Crippen LogP contribution in [0.2, 0.25) is 0 Å². The number of allylic oxidation sites excluding steroid dienone is 1. The van der Waals surface area contributed by atoms with Crippen LogP contribution in [0.25, 0.3) is 0 Å². The van der Waals surface area contributed by atoms with Crippen LogP contribution in [0, 0.1) is 10.1 Å². The van der Waals surface area contributed by atoms with Crippen molar-refractivity contribution in [1.82, 2.24) is 0 Å². The number of nitrogens with zero attached hydrogens (tertiary/aromatic N) is 2. The highest BCUT2D eigenvalue weighted by atomic mass is 16.6. The molecule has 0 heterocycles. The lowest BCUT2D eigenvalue weighted by Gasteiger charge is -2.17. The molecule has 0 aromatic carbocycles. The number of rotatable bonds is 5. The highest BCUT2D eigenvalue weighted by molar-refractivity contribution is 5.74. The zero-order chi connectivity index (χ0) is 14.2. The normalized spacial score (nSPS) is 23.3. The summed E-state index contributed by atoms with van der Waals surface area (Å²) in [5.41, 5.74) is 0.140. The lowest BCUT2D eigenvalue weighted by Crippen LogP contribution is -2.85. The van der Waals surface area contributed by atoms with Crippen LogP contribution >= 0.6 is 0 Å². The Morgan fingerprint density at radius 3 is 2.25 bits per heavy atom. The molecule has 2 aliphatic rings. The summed E-state index contributed by atoms with van der Waals surface area (Å²) in [5.74, 6) is 0. The van der Waals surface area contributed by atoms with Crippen molar-refractivity contribution in [1.29, 1.82) is 0 Å². The standard InChI is InChI=1S/C15H25N3O2/c19-18(20)15(11-16-13-7-3-1-4-8-13)12-17-14-9-5-2-6-10-14/h11-14,16H,1-10H2/p+1/b15-11-,17-12?. The molecule has 0 spiro atoms. The SMILES string of the molecule is O=[N+]([O-])/C(C=NC1CCCCC1)=C\[NH2+]C1CCCCC1. The van der Waals surface area contributed by atoms with Crippen LogP contribution in [0.3, 0.4) is 0 Å². The first-order valence-corrected chi connectivity index (χ1v) is 7.98. The van der Waals surface area contributed by atoms with Crippen LogP contribution in [-0.2, 0) is 0 Å². The molecule has 5 nitrogen and oxygen atoms in total. The second kappa shape index (κ2) is 8.15. The third kappa shape index (κ3) is 5.04. The number of hydrogen-bond acceptors (Lipinski definition) is 3. The Morgan fingerprint density at radius 2 is 1.65 bits per heavy atom. The van der Waals surface area contributed by atoms with Crippen LogP contribution in [0.1, 0.15) is 64.2 Å². The van der Waals surface area contributed by atoms with E-state index in [-0.39, 0.29) is 10.6 Å². The zero-order valence-corrected chi connectivity index (χ0v) is 12.2. The van der Waals surface area contributed by atoms with Crippen molar-refractivity contribution in [2.75, 3.05) is 0 Å². The molecule has 0 bridgehead atoms. The molecule has 2 N–H and O–H groups in total. The monoisotopic (exact) mass is 280 g/mol. The fourth-order valence-corrected chi connectivity index (χ4v) is 3.12. The van der Waals surface area contributed by atoms with Crippen LogP contribution in [0.4, 0.5) is 0 Å². The predicted molar refractivity (Wildman–Crippen MR) is 79.2 cm³/mol. The fourth-order valence-electron chi connectivity index (χ4n) is 3.12. The molecular weight excluding hydrogens is 254 g/mol. The Labute approximate surface area is 120 Å². The smallest absolute Gasteiger partial charge is 0.312 e. The summed E-state index contributed by atoms with van der Waals surface area (Å²) in [5, 5.41) is 13.1. The summed E-state index contributed by atoms with van der Waals surface area (Å²) < 4.78 is 0. The molecule has 112 valence electrons. The lowest BCUT2D eigenvalue weighted by atomic mass is 9.96. The quantitative estimate of drug-likeness (QED) is 0.477. The lowest BCUT2D eigenvalue weighted by molar-refractivity contribution is -0.635. The molecule has 0 atom stereocenters. The summed E-state index contributed by atoms with van der Waals surface area (Å²) >= 11 is 0. The first-order valence-electron chi connectivity index (χ1n) is 7.98. The van der Waals surface area contributed by atoms with Crippen molar-refractivity contribution in [2.24, 2.45) is 4.99 Å². The van der Waals surface area contributed by atoms with Gasteiger partial charge in [-0.2, -0.15) is 0 Å². The topological polar surface area (TPSA) is 72.1 Å². The van der Waals surface area contributed by atoms with Gasteiger partial charge in [-0.25, -0.2) is 0 Å². The van der Waals surface area contributed by atoms with E-state index >= 15 is 0 Å². The first-order chi connectivity index (χ1) is 9.75. The Bertz CT molecular complexity index is 367. The minimum absolute atomic E-state index is 0.140. The molecule has 2 fully saturated rings. The van der Waals surface area contributed by atoms with E-state index in [9.17, 15) is 10.1 Å². The highest BCUT2D eigenvalue weighted by Crippen LogP contribution is 2.20. The maximum absolute atomic E-state index is 11.1. The van der Waals surface area contributed by atoms with E-state index in [0.717, 1.165) is 12.8 Å². The molecule has 0 amide bonds. The summed E-state index contributed by atoms with van der Waals surface area (Å²) in [7, 11) is 0. The van der Waals surface area contributed by atoms with Crippen molar-refractivity contribution in [2.45, 2.75) is 76.3 Å². The average molecular weight is 280 g/mol. The van der Waals surface area contributed by atoms with E-state index in [2.05, 4.69) is 4.99 Å². The maximum Gasteiger partial charge on any atom is 0.339 e. The number of nitrogens with two attached hydrogens (primary N) is 1. The molecule has 2 aliphatic carbocycles. The molecule has 0 unspecified atom stereocenters. The molecule has 0 radical (unpaired) electrons. The fraction of sp³-hybridized carbons (Fsp3) is 0.800. The summed E-state index contributed by atoms with van der Waals surface area (Å²) in [4.78, 5) is 15.2. The van der Waals surface area contributed by atoms with Gasteiger partial charge in [-0.1, -0.05) is 25.7 Å². The van der Waals surface area contributed by atoms with E-state index in [1.807, 2.05) is 5.32 Å². The van der Waals surface area contributed by atoms with Crippen molar-refractivity contribution in [3.63, 3.8) is 0 Å². The number of hydrogen-bond donors (Lipinski definition) is 1. The third-order valence-electron chi connectivity index (χ3n) is 4.39. The van der Waals surface area contributed by atoms with Crippen molar-refractivity contribution in [3.8, 4) is 0 Å². The molecule has 20 heavy (non-hydrogen) atoms. The van der Waals surface area contributed by atoms with Gasteiger partial charge in [0.05, 0.1) is 17.0 Å². The molecule has 0 aromatic rings. The zero-order valence-electron chi connectivity index (χ0n) is 12.2.